The molecule has 0 aliphatic heterocycles. The quantitative estimate of drug-likeness (QED) is 0.542. The Balaban J connectivity index is 2.10. The van der Waals surface area contributed by atoms with Crippen molar-refractivity contribution in [1.29, 1.82) is 0 Å². The smallest absolute Gasteiger partial charge is 0.265 e. The van der Waals surface area contributed by atoms with Crippen LogP contribution in [-0.2, 0) is 23.0 Å². The van der Waals surface area contributed by atoms with Gasteiger partial charge in [-0.1, -0.05) is 6.92 Å². The molecule has 0 atom stereocenters. The molecular formula is C21H22FN3O4S. The number of anilines is 1. The summed E-state index contributed by atoms with van der Waals surface area (Å²) in [7, 11) is -1.02. The lowest BCUT2D eigenvalue weighted by molar-refractivity contribution is 0.391. The lowest BCUT2D eigenvalue weighted by Gasteiger charge is -2.24. The van der Waals surface area contributed by atoms with Crippen LogP contribution in [0.25, 0.3) is 0 Å². The molecule has 0 aliphatic rings. The summed E-state index contributed by atoms with van der Waals surface area (Å²) in [5.41, 5.74) is 0.930. The largest absolute Gasteiger partial charge is 0.497 e. The van der Waals surface area contributed by atoms with Crippen LogP contribution in [-0.4, -0.2) is 32.6 Å². The maximum Gasteiger partial charge on any atom is 0.265 e. The number of ether oxygens (including phenoxy) is 2. The van der Waals surface area contributed by atoms with E-state index in [2.05, 4.69) is 9.97 Å². The van der Waals surface area contributed by atoms with E-state index in [4.69, 9.17) is 9.47 Å². The third-order valence-electron chi connectivity index (χ3n) is 4.62. The molecule has 0 unspecified atom stereocenters. The number of methoxy groups -OCH3 is 2. The van der Waals surface area contributed by atoms with Crippen LogP contribution in [0.3, 0.4) is 0 Å². The van der Waals surface area contributed by atoms with Crippen LogP contribution in [0.2, 0.25) is 0 Å². The van der Waals surface area contributed by atoms with Crippen LogP contribution in [0.1, 0.15) is 18.1 Å². The summed E-state index contributed by atoms with van der Waals surface area (Å²) < 4.78 is 52.7. The van der Waals surface area contributed by atoms with E-state index in [-0.39, 0.29) is 17.3 Å². The first kappa shape index (κ1) is 21.5. The highest BCUT2D eigenvalue weighted by atomic mass is 32.2. The molecule has 30 heavy (non-hydrogen) atoms. The molecule has 0 saturated carbocycles. The van der Waals surface area contributed by atoms with Crippen LogP contribution < -0.4 is 13.8 Å². The van der Waals surface area contributed by atoms with E-state index in [1.807, 2.05) is 0 Å². The minimum Gasteiger partial charge on any atom is -0.497 e. The van der Waals surface area contributed by atoms with Gasteiger partial charge in [0.05, 0.1) is 25.7 Å². The zero-order valence-corrected chi connectivity index (χ0v) is 17.7. The molecule has 1 heterocycles. The third kappa shape index (κ3) is 4.35. The van der Waals surface area contributed by atoms with E-state index >= 15 is 0 Å². The first-order chi connectivity index (χ1) is 14.4. The number of nitrogens with zero attached hydrogens (tertiary/aromatic N) is 3. The minimum atomic E-state index is -4.05. The van der Waals surface area contributed by atoms with Crippen LogP contribution in [0.15, 0.2) is 59.9 Å². The average Bonchev–Trinajstić information content (AvgIpc) is 2.78. The van der Waals surface area contributed by atoms with E-state index in [1.165, 1.54) is 44.9 Å². The fourth-order valence-electron chi connectivity index (χ4n) is 2.97. The number of sulfonamides is 1. The fraction of sp³-hybridized carbons (Fsp3) is 0.238. The Labute approximate surface area is 175 Å². The van der Waals surface area contributed by atoms with Gasteiger partial charge in [0.1, 0.15) is 29.5 Å². The highest BCUT2D eigenvalue weighted by molar-refractivity contribution is 7.92. The van der Waals surface area contributed by atoms with E-state index in [0.717, 1.165) is 10.4 Å². The molecule has 0 N–H and O–H groups in total. The molecule has 0 aliphatic carbocycles. The van der Waals surface area contributed by atoms with Gasteiger partial charge in [-0.3, -0.25) is 0 Å². The molecular weight excluding hydrogens is 409 g/mol. The van der Waals surface area contributed by atoms with Crippen molar-refractivity contribution in [2.24, 2.45) is 0 Å². The van der Waals surface area contributed by atoms with E-state index in [1.54, 1.807) is 25.1 Å². The average molecular weight is 431 g/mol. The van der Waals surface area contributed by atoms with Crippen molar-refractivity contribution in [3.05, 3.63) is 71.9 Å². The topological polar surface area (TPSA) is 81.6 Å². The Bertz CT molecular complexity index is 1120. The lowest BCUT2D eigenvalue weighted by atomic mass is 10.2. The molecule has 158 valence electrons. The molecule has 1 aromatic heterocycles. The molecule has 2 aromatic carbocycles. The Morgan fingerprint density at radius 1 is 1.03 bits per heavy atom. The van der Waals surface area contributed by atoms with Gasteiger partial charge in [0, 0.05) is 23.9 Å². The van der Waals surface area contributed by atoms with E-state index in [9.17, 15) is 12.8 Å². The van der Waals surface area contributed by atoms with Crippen LogP contribution >= 0.6 is 0 Å². The van der Waals surface area contributed by atoms with Gasteiger partial charge in [-0.2, -0.15) is 0 Å². The van der Waals surface area contributed by atoms with Crippen molar-refractivity contribution in [3.8, 4) is 11.5 Å². The van der Waals surface area contributed by atoms with Crippen molar-refractivity contribution in [2.75, 3.05) is 18.5 Å². The normalized spacial score (nSPS) is 11.2. The predicted molar refractivity (Wildman–Crippen MR) is 111 cm³/mol. The minimum absolute atomic E-state index is 0.0214. The van der Waals surface area contributed by atoms with Gasteiger partial charge < -0.3 is 9.47 Å². The molecule has 0 fully saturated rings. The Morgan fingerprint density at radius 3 is 2.47 bits per heavy atom. The first-order valence-electron chi connectivity index (χ1n) is 9.18. The molecule has 3 aromatic rings. The van der Waals surface area contributed by atoms with Crippen molar-refractivity contribution in [3.63, 3.8) is 0 Å². The van der Waals surface area contributed by atoms with Crippen molar-refractivity contribution in [1.82, 2.24) is 9.97 Å². The molecule has 0 saturated heterocycles. The summed E-state index contributed by atoms with van der Waals surface area (Å²) >= 11 is 0. The standard InChI is InChI=1S/C21H22FN3O4S/c1-4-15-11-18(7-8-19(15)22)30(26,27)25(21-9-10-23-14-24-21)13-16-5-6-17(28-2)12-20(16)29-3/h5-12,14H,4,13H2,1-3H3. The lowest BCUT2D eigenvalue weighted by Crippen LogP contribution is -2.31. The maximum atomic E-state index is 13.9. The summed E-state index contributed by atoms with van der Waals surface area (Å²) in [4.78, 5) is 7.95. The SMILES string of the molecule is CCc1cc(S(=O)(=O)N(Cc2ccc(OC)cc2OC)c2ccncn2)ccc1F. The maximum absolute atomic E-state index is 13.9. The van der Waals surface area contributed by atoms with Gasteiger partial charge in [-0.15, -0.1) is 0 Å². The van der Waals surface area contributed by atoms with E-state index < -0.39 is 15.8 Å². The van der Waals surface area contributed by atoms with Gasteiger partial charge in [0.25, 0.3) is 10.0 Å². The molecule has 0 amide bonds. The number of hydrogen-bond donors (Lipinski definition) is 0. The van der Waals surface area contributed by atoms with Gasteiger partial charge in [0.15, 0.2) is 0 Å². The second kappa shape index (κ2) is 9.08. The summed E-state index contributed by atoms with van der Waals surface area (Å²) in [6.45, 7) is 1.71. The molecule has 0 bridgehead atoms. The van der Waals surface area contributed by atoms with Crippen molar-refractivity contribution < 1.29 is 22.3 Å². The number of hydrogen-bond acceptors (Lipinski definition) is 6. The Hall–Kier alpha value is -3.20. The zero-order valence-electron chi connectivity index (χ0n) is 16.9. The van der Waals surface area contributed by atoms with E-state index in [0.29, 0.717) is 29.0 Å². The predicted octanol–water partition coefficient (Wildman–Crippen LogP) is 3.59. The number of benzene rings is 2. The van der Waals surface area contributed by atoms with Crippen LogP contribution in [0.4, 0.5) is 10.2 Å². The van der Waals surface area contributed by atoms with Crippen LogP contribution in [0.5, 0.6) is 11.5 Å². The number of aryl methyl sites for hydroxylation is 1. The Morgan fingerprint density at radius 2 is 1.83 bits per heavy atom. The molecule has 0 radical (unpaired) electrons. The highest BCUT2D eigenvalue weighted by Crippen LogP contribution is 2.30. The molecule has 3 rings (SSSR count). The third-order valence-corrected chi connectivity index (χ3v) is 6.36. The zero-order chi connectivity index (χ0) is 21.7. The fourth-order valence-corrected chi connectivity index (χ4v) is 4.42. The molecule has 0 spiro atoms. The number of halogens is 1. The molecule has 7 nitrogen and oxygen atoms in total. The number of rotatable bonds is 8. The van der Waals surface area contributed by atoms with Crippen molar-refractivity contribution in [2.45, 2.75) is 24.8 Å². The number of aromatic nitrogens is 2. The monoisotopic (exact) mass is 431 g/mol. The first-order valence-corrected chi connectivity index (χ1v) is 10.6. The summed E-state index contributed by atoms with van der Waals surface area (Å²) in [6, 6.07) is 10.4. The highest BCUT2D eigenvalue weighted by Gasteiger charge is 2.28. The summed E-state index contributed by atoms with van der Waals surface area (Å²) in [6.07, 6.45) is 3.10. The summed E-state index contributed by atoms with van der Waals surface area (Å²) in [5.74, 6) is 0.794. The summed E-state index contributed by atoms with van der Waals surface area (Å²) in [5, 5.41) is 0. The van der Waals surface area contributed by atoms with Gasteiger partial charge in [-0.25, -0.2) is 27.1 Å². The van der Waals surface area contributed by atoms with Crippen LogP contribution in [0, 0.1) is 5.82 Å². The Kier molecular flexibility index (Phi) is 6.51. The molecule has 9 heteroatoms. The second-order valence-electron chi connectivity index (χ2n) is 6.36. The second-order valence-corrected chi connectivity index (χ2v) is 8.23. The van der Waals surface area contributed by atoms with Gasteiger partial charge in [0.2, 0.25) is 0 Å². The van der Waals surface area contributed by atoms with Gasteiger partial charge >= 0.3 is 0 Å². The van der Waals surface area contributed by atoms with Gasteiger partial charge in [-0.05, 0) is 42.3 Å². The van der Waals surface area contributed by atoms with Crippen molar-refractivity contribution >= 4 is 15.8 Å².